The highest BCUT2D eigenvalue weighted by molar-refractivity contribution is 6.06. The third kappa shape index (κ3) is 5.10. The van der Waals surface area contributed by atoms with Gasteiger partial charge in [0.15, 0.2) is 0 Å². The molecule has 0 aromatic heterocycles. The van der Waals surface area contributed by atoms with Gasteiger partial charge in [0.1, 0.15) is 18.4 Å². The van der Waals surface area contributed by atoms with E-state index in [0.717, 1.165) is 12.1 Å². The van der Waals surface area contributed by atoms with Crippen LogP contribution in [0.3, 0.4) is 0 Å². The molecule has 222 valence electrons. The number of hydrogen-bond donors (Lipinski definition) is 2. The van der Waals surface area contributed by atoms with Crippen LogP contribution in [0.15, 0.2) is 42.5 Å². The predicted octanol–water partition coefficient (Wildman–Crippen LogP) is 3.47. The van der Waals surface area contributed by atoms with E-state index in [1.54, 1.807) is 18.2 Å². The molecule has 9 nitrogen and oxygen atoms in total. The number of anilines is 1. The number of nitrogens with one attached hydrogen (secondary N) is 2. The first-order valence-corrected chi connectivity index (χ1v) is 13.8. The number of fused-ring (bicyclic) bond motifs is 2. The summed E-state index contributed by atoms with van der Waals surface area (Å²) in [6.45, 7) is -0.232. The summed E-state index contributed by atoms with van der Waals surface area (Å²) >= 11 is 0. The van der Waals surface area contributed by atoms with Gasteiger partial charge in [0.25, 0.3) is 5.91 Å². The lowest BCUT2D eigenvalue weighted by molar-refractivity contribution is -0.196. The number of alkyl halides is 3. The van der Waals surface area contributed by atoms with Crippen molar-refractivity contribution in [2.75, 3.05) is 25.0 Å². The number of carbonyl (C=O) groups excluding carboxylic acids is 4. The van der Waals surface area contributed by atoms with E-state index in [1.807, 2.05) is 0 Å². The van der Waals surface area contributed by atoms with Crippen LogP contribution in [0.25, 0.3) is 0 Å². The van der Waals surface area contributed by atoms with Crippen molar-refractivity contribution >= 4 is 29.5 Å². The summed E-state index contributed by atoms with van der Waals surface area (Å²) in [5.41, 5.74) is 0.189. The Hall–Kier alpha value is -4.00. The number of imide groups is 1. The number of carbonyl (C=O) groups is 4. The van der Waals surface area contributed by atoms with Gasteiger partial charge in [0.05, 0.1) is 5.92 Å². The van der Waals surface area contributed by atoms with Gasteiger partial charge in [-0.15, -0.1) is 0 Å². The molecule has 2 N–H and O–H groups in total. The monoisotopic (exact) mass is 588 g/mol. The zero-order chi connectivity index (χ0) is 29.8. The van der Waals surface area contributed by atoms with Crippen LogP contribution in [0.5, 0.6) is 0 Å². The SMILES string of the molecule is O=C(Nc1ccc2c(c1)CC[C@@]21OC(=O)N(CC(=O)N(Cc2ccc(F)cc2)[C@H](C2CC2)C(F)(F)F)C1=O)C1CNC1. The van der Waals surface area contributed by atoms with Gasteiger partial charge in [0, 0.05) is 37.3 Å². The Morgan fingerprint density at radius 1 is 1.12 bits per heavy atom. The Labute approximate surface area is 238 Å². The summed E-state index contributed by atoms with van der Waals surface area (Å²) in [6.07, 6.45) is -4.87. The van der Waals surface area contributed by atoms with Gasteiger partial charge in [-0.05, 0) is 60.6 Å². The minimum atomic E-state index is -4.75. The van der Waals surface area contributed by atoms with E-state index in [2.05, 4.69) is 10.6 Å². The predicted molar refractivity (Wildman–Crippen MR) is 139 cm³/mol. The van der Waals surface area contributed by atoms with E-state index in [9.17, 15) is 36.7 Å². The molecule has 2 atom stereocenters. The van der Waals surface area contributed by atoms with Gasteiger partial charge < -0.3 is 20.3 Å². The Balaban J connectivity index is 1.22. The second-order valence-corrected chi connectivity index (χ2v) is 11.3. The summed E-state index contributed by atoms with van der Waals surface area (Å²) in [7, 11) is 0. The van der Waals surface area contributed by atoms with E-state index in [1.165, 1.54) is 12.1 Å². The number of halogens is 4. The van der Waals surface area contributed by atoms with E-state index < -0.39 is 60.6 Å². The zero-order valence-electron chi connectivity index (χ0n) is 22.4. The number of hydrogen-bond acceptors (Lipinski definition) is 6. The number of amides is 4. The van der Waals surface area contributed by atoms with Crippen molar-refractivity contribution in [2.45, 2.75) is 50.0 Å². The molecule has 2 heterocycles. The van der Waals surface area contributed by atoms with E-state index >= 15 is 0 Å². The molecule has 1 spiro atoms. The average molecular weight is 589 g/mol. The molecule has 2 saturated heterocycles. The van der Waals surface area contributed by atoms with Gasteiger partial charge in [-0.3, -0.25) is 14.4 Å². The minimum absolute atomic E-state index is 0.0914. The first-order valence-electron chi connectivity index (χ1n) is 13.8. The summed E-state index contributed by atoms with van der Waals surface area (Å²) in [5, 5.41) is 5.86. The van der Waals surface area contributed by atoms with Gasteiger partial charge in [0.2, 0.25) is 17.4 Å². The van der Waals surface area contributed by atoms with E-state index in [0.29, 0.717) is 46.1 Å². The van der Waals surface area contributed by atoms with Gasteiger partial charge in [-0.2, -0.15) is 13.2 Å². The second-order valence-electron chi connectivity index (χ2n) is 11.3. The highest BCUT2D eigenvalue weighted by Crippen LogP contribution is 2.47. The van der Waals surface area contributed by atoms with Crippen molar-refractivity contribution in [3.8, 4) is 0 Å². The molecule has 4 aliphatic rings. The van der Waals surface area contributed by atoms with Gasteiger partial charge >= 0.3 is 12.3 Å². The number of benzene rings is 2. The Morgan fingerprint density at radius 2 is 1.83 bits per heavy atom. The molecule has 2 aromatic rings. The molecule has 0 bridgehead atoms. The van der Waals surface area contributed by atoms with Crippen molar-refractivity contribution in [1.29, 1.82) is 0 Å². The fourth-order valence-electron chi connectivity index (χ4n) is 5.91. The van der Waals surface area contributed by atoms with E-state index in [-0.39, 0.29) is 36.7 Å². The summed E-state index contributed by atoms with van der Waals surface area (Å²) in [6, 6.07) is 7.51. The van der Waals surface area contributed by atoms with Crippen LogP contribution in [0.4, 0.5) is 28.0 Å². The molecule has 2 aromatic carbocycles. The van der Waals surface area contributed by atoms with E-state index in [4.69, 9.17) is 4.74 Å². The molecule has 6 rings (SSSR count). The lowest BCUT2D eigenvalue weighted by Gasteiger charge is -2.34. The number of ether oxygens (including phenoxy) is 1. The Bertz CT molecular complexity index is 1440. The topological polar surface area (TPSA) is 108 Å². The van der Waals surface area contributed by atoms with Gasteiger partial charge in [-0.1, -0.05) is 18.2 Å². The molecule has 0 radical (unpaired) electrons. The maximum Gasteiger partial charge on any atom is 0.418 e. The standard InChI is InChI=1S/C29H28F4N4O5/c30-20-5-1-16(2-6-20)14-36(24(17-3-4-17)29(31,32)33)23(38)15-37-26(40)28(42-27(37)41)10-9-18-11-21(7-8-22(18)28)35-25(39)19-12-34-13-19/h1-2,5-8,11,17,19,24,34H,3-4,9-10,12-15H2,(H,35,39)/t24-,28-/m1/s1. The Kier molecular flexibility index (Phi) is 6.95. The molecule has 42 heavy (non-hydrogen) atoms. The molecule has 1 saturated carbocycles. The number of nitrogens with zero attached hydrogens (tertiary/aromatic N) is 2. The molecule has 4 amide bonds. The van der Waals surface area contributed by atoms with Crippen LogP contribution in [-0.4, -0.2) is 65.5 Å². The second kappa shape index (κ2) is 10.4. The summed E-state index contributed by atoms with van der Waals surface area (Å²) in [4.78, 5) is 53.6. The van der Waals surface area contributed by atoms with Gasteiger partial charge in [-0.25, -0.2) is 14.1 Å². The van der Waals surface area contributed by atoms with Crippen LogP contribution in [0.2, 0.25) is 0 Å². The zero-order valence-corrected chi connectivity index (χ0v) is 22.4. The minimum Gasteiger partial charge on any atom is -0.427 e. The average Bonchev–Trinajstić information content (AvgIpc) is 3.61. The van der Waals surface area contributed by atoms with Crippen LogP contribution in [-0.2, 0) is 37.7 Å². The maximum atomic E-state index is 14.2. The molecule has 13 heteroatoms. The molecular weight excluding hydrogens is 560 g/mol. The number of rotatable bonds is 8. The van der Waals surface area contributed by atoms with Crippen LogP contribution in [0, 0.1) is 17.7 Å². The third-order valence-corrected chi connectivity index (χ3v) is 8.40. The molecule has 2 aliphatic heterocycles. The van der Waals surface area contributed by atoms with Crippen LogP contribution in [0.1, 0.15) is 36.0 Å². The lowest BCUT2D eigenvalue weighted by Crippen LogP contribution is -2.53. The van der Waals surface area contributed by atoms with Crippen molar-refractivity contribution in [3.05, 3.63) is 65.0 Å². The molecule has 3 fully saturated rings. The smallest absolute Gasteiger partial charge is 0.418 e. The third-order valence-electron chi connectivity index (χ3n) is 8.40. The Morgan fingerprint density at radius 3 is 2.45 bits per heavy atom. The molecular formula is C29H28F4N4O5. The number of aryl methyl sites for hydroxylation is 1. The van der Waals surface area contributed by atoms with Crippen molar-refractivity contribution in [2.24, 2.45) is 11.8 Å². The quantitative estimate of drug-likeness (QED) is 0.458. The van der Waals surface area contributed by atoms with Crippen molar-refractivity contribution in [3.63, 3.8) is 0 Å². The first-order chi connectivity index (χ1) is 20.0. The van der Waals surface area contributed by atoms with Crippen LogP contribution < -0.4 is 10.6 Å². The first kappa shape index (κ1) is 28.1. The molecule has 2 aliphatic carbocycles. The highest BCUT2D eigenvalue weighted by atomic mass is 19.4. The lowest BCUT2D eigenvalue weighted by atomic mass is 9.94. The normalized spacial score (nSPS) is 22.5. The highest BCUT2D eigenvalue weighted by Gasteiger charge is 2.59. The largest absolute Gasteiger partial charge is 0.427 e. The van der Waals surface area contributed by atoms with Crippen LogP contribution >= 0.6 is 0 Å². The maximum absolute atomic E-state index is 14.2. The van der Waals surface area contributed by atoms with Crippen molar-refractivity contribution in [1.82, 2.24) is 15.1 Å². The summed E-state index contributed by atoms with van der Waals surface area (Å²) in [5.74, 6) is -3.55. The van der Waals surface area contributed by atoms with Crippen molar-refractivity contribution < 1.29 is 41.5 Å². The summed E-state index contributed by atoms with van der Waals surface area (Å²) < 4.78 is 61.5. The fraction of sp³-hybridized carbons (Fsp3) is 0.448. The molecule has 0 unspecified atom stereocenters. The fourth-order valence-corrected chi connectivity index (χ4v) is 5.91.